The molecule has 4 aromatic rings. The summed E-state index contributed by atoms with van der Waals surface area (Å²) in [5.41, 5.74) is 4.98. The normalized spacial score (nSPS) is 11.0. The van der Waals surface area contributed by atoms with Crippen molar-refractivity contribution in [2.45, 2.75) is 5.16 Å². The number of aromatic nitrogens is 3. The third-order valence-corrected chi connectivity index (χ3v) is 5.15. The number of carboxylic acids is 1. The van der Waals surface area contributed by atoms with E-state index in [1.54, 1.807) is 6.07 Å². The molecular formula is C20H14ClN3O2S. The number of nitrogens with one attached hydrogen (secondary N) is 1. The Balaban J connectivity index is 1.66. The summed E-state index contributed by atoms with van der Waals surface area (Å²) in [6.45, 7) is 0. The number of hydrogen-bond acceptors (Lipinski definition) is 4. The number of imidazole rings is 1. The van der Waals surface area contributed by atoms with Crippen molar-refractivity contribution in [1.82, 2.24) is 15.0 Å². The maximum absolute atomic E-state index is 10.7. The predicted octanol–water partition coefficient (Wildman–Crippen LogP) is 5.12. The predicted molar refractivity (Wildman–Crippen MR) is 108 cm³/mol. The first kappa shape index (κ1) is 17.6. The number of carbonyl (C=O) groups is 1. The summed E-state index contributed by atoms with van der Waals surface area (Å²) in [5, 5.41) is 9.81. The number of aromatic amines is 1. The van der Waals surface area contributed by atoms with E-state index in [9.17, 15) is 4.79 Å². The first-order valence-corrected chi connectivity index (χ1v) is 9.53. The van der Waals surface area contributed by atoms with Crippen LogP contribution in [0.25, 0.3) is 33.5 Å². The van der Waals surface area contributed by atoms with Crippen LogP contribution in [0.3, 0.4) is 0 Å². The molecule has 27 heavy (non-hydrogen) atoms. The Kier molecular flexibility index (Phi) is 4.83. The lowest BCUT2D eigenvalue weighted by Gasteiger charge is -2.06. The Morgan fingerprint density at radius 2 is 1.67 bits per heavy atom. The van der Waals surface area contributed by atoms with Crippen molar-refractivity contribution in [3.8, 4) is 22.4 Å². The summed E-state index contributed by atoms with van der Waals surface area (Å²) in [7, 11) is 0. The minimum absolute atomic E-state index is 0.0681. The van der Waals surface area contributed by atoms with E-state index in [1.807, 2.05) is 42.5 Å². The molecule has 0 bridgehead atoms. The Bertz CT molecular complexity index is 1110. The molecule has 0 aliphatic rings. The van der Waals surface area contributed by atoms with Gasteiger partial charge in [-0.05, 0) is 17.2 Å². The minimum Gasteiger partial charge on any atom is -0.481 e. The van der Waals surface area contributed by atoms with E-state index in [4.69, 9.17) is 16.7 Å². The van der Waals surface area contributed by atoms with Crippen molar-refractivity contribution in [2.75, 3.05) is 5.75 Å². The number of halogens is 1. The molecule has 0 radical (unpaired) electrons. The molecule has 0 amide bonds. The molecule has 0 aliphatic heterocycles. The summed E-state index contributed by atoms with van der Waals surface area (Å²) in [4.78, 5) is 22.7. The highest BCUT2D eigenvalue weighted by Gasteiger charge is 2.12. The highest BCUT2D eigenvalue weighted by molar-refractivity contribution is 7.99. The van der Waals surface area contributed by atoms with Gasteiger partial charge in [0.2, 0.25) is 0 Å². The van der Waals surface area contributed by atoms with Gasteiger partial charge in [-0.3, -0.25) is 4.79 Å². The SMILES string of the molecule is O=C(O)CSc1nc2nc(-c3ccc(-c4ccccc4)cc3)c(Cl)cc2[nH]1. The van der Waals surface area contributed by atoms with Gasteiger partial charge in [0.15, 0.2) is 10.8 Å². The number of fused-ring (bicyclic) bond motifs is 1. The van der Waals surface area contributed by atoms with Crippen molar-refractivity contribution in [2.24, 2.45) is 0 Å². The topological polar surface area (TPSA) is 78.9 Å². The highest BCUT2D eigenvalue weighted by atomic mass is 35.5. The van der Waals surface area contributed by atoms with Gasteiger partial charge in [0, 0.05) is 5.56 Å². The van der Waals surface area contributed by atoms with Gasteiger partial charge < -0.3 is 10.1 Å². The van der Waals surface area contributed by atoms with E-state index in [-0.39, 0.29) is 5.75 Å². The van der Waals surface area contributed by atoms with Crippen LogP contribution < -0.4 is 0 Å². The maximum Gasteiger partial charge on any atom is 0.313 e. The number of H-pyrrole nitrogens is 1. The van der Waals surface area contributed by atoms with Gasteiger partial charge in [-0.25, -0.2) is 9.97 Å². The van der Waals surface area contributed by atoms with Gasteiger partial charge in [0.05, 0.1) is 22.0 Å². The van der Waals surface area contributed by atoms with Gasteiger partial charge in [0.1, 0.15) is 0 Å². The standard InChI is InChI=1S/C20H14ClN3O2S/c21-15-10-16-19(24-20(22-16)27-11-17(25)26)23-18(15)14-8-6-13(7-9-14)12-4-2-1-3-5-12/h1-10H,11H2,(H,25,26)(H,22,23,24). The molecule has 0 saturated carbocycles. The molecule has 5 nitrogen and oxygen atoms in total. The molecule has 2 N–H and O–H groups in total. The van der Waals surface area contributed by atoms with Crippen LogP contribution in [0.5, 0.6) is 0 Å². The second kappa shape index (κ2) is 7.42. The second-order valence-electron chi connectivity index (χ2n) is 5.86. The zero-order valence-electron chi connectivity index (χ0n) is 14.0. The lowest BCUT2D eigenvalue weighted by atomic mass is 10.0. The summed E-state index contributed by atoms with van der Waals surface area (Å²) in [6.07, 6.45) is 0. The average Bonchev–Trinajstić information content (AvgIpc) is 3.08. The molecule has 0 fully saturated rings. The summed E-state index contributed by atoms with van der Waals surface area (Å²) in [5.74, 6) is -0.966. The number of hydrogen-bond donors (Lipinski definition) is 2. The molecule has 0 atom stereocenters. The van der Waals surface area contributed by atoms with Crippen molar-refractivity contribution < 1.29 is 9.90 Å². The number of aliphatic carboxylic acids is 1. The van der Waals surface area contributed by atoms with Crippen molar-refractivity contribution >= 4 is 40.5 Å². The highest BCUT2D eigenvalue weighted by Crippen LogP contribution is 2.31. The Morgan fingerprint density at radius 3 is 2.37 bits per heavy atom. The molecule has 0 unspecified atom stereocenters. The third-order valence-electron chi connectivity index (χ3n) is 4.00. The van der Waals surface area contributed by atoms with Crippen molar-refractivity contribution in [3.05, 3.63) is 65.7 Å². The van der Waals surface area contributed by atoms with E-state index in [0.717, 1.165) is 28.5 Å². The van der Waals surface area contributed by atoms with Crippen LogP contribution in [0.4, 0.5) is 0 Å². The van der Waals surface area contributed by atoms with Crippen molar-refractivity contribution in [1.29, 1.82) is 0 Å². The van der Waals surface area contributed by atoms with Crippen LogP contribution >= 0.6 is 23.4 Å². The number of thioether (sulfide) groups is 1. The summed E-state index contributed by atoms with van der Waals surface area (Å²) < 4.78 is 0. The Morgan fingerprint density at radius 1 is 1.00 bits per heavy atom. The largest absolute Gasteiger partial charge is 0.481 e. The molecule has 0 aliphatic carbocycles. The first-order chi connectivity index (χ1) is 13.1. The fourth-order valence-electron chi connectivity index (χ4n) is 2.75. The zero-order chi connectivity index (χ0) is 18.8. The maximum atomic E-state index is 10.7. The van der Waals surface area contributed by atoms with E-state index >= 15 is 0 Å². The van der Waals surface area contributed by atoms with Crippen LogP contribution in [0.15, 0.2) is 65.8 Å². The quantitative estimate of drug-likeness (QED) is 0.458. The number of carboxylic acid groups (broad SMARTS) is 1. The number of pyridine rings is 1. The molecule has 2 heterocycles. The summed E-state index contributed by atoms with van der Waals surface area (Å²) >= 11 is 7.53. The average molecular weight is 396 g/mol. The first-order valence-electron chi connectivity index (χ1n) is 8.17. The molecule has 0 spiro atoms. The number of nitrogens with zero attached hydrogens (tertiary/aromatic N) is 2. The van der Waals surface area contributed by atoms with E-state index < -0.39 is 5.97 Å². The van der Waals surface area contributed by atoms with Crippen LogP contribution in [0.1, 0.15) is 0 Å². The van der Waals surface area contributed by atoms with Crippen LogP contribution in [-0.4, -0.2) is 31.8 Å². The fraction of sp³-hybridized carbons (Fsp3) is 0.0500. The van der Waals surface area contributed by atoms with Gasteiger partial charge in [-0.1, -0.05) is 78.0 Å². The monoisotopic (exact) mass is 395 g/mol. The van der Waals surface area contributed by atoms with Gasteiger partial charge >= 0.3 is 5.97 Å². The molecule has 2 aromatic heterocycles. The fourth-order valence-corrected chi connectivity index (χ4v) is 3.60. The Labute approximate surface area is 164 Å². The second-order valence-corrected chi connectivity index (χ2v) is 7.23. The van der Waals surface area contributed by atoms with Gasteiger partial charge in [0.25, 0.3) is 0 Å². The number of rotatable bonds is 5. The minimum atomic E-state index is -0.898. The van der Waals surface area contributed by atoms with Gasteiger partial charge in [-0.2, -0.15) is 0 Å². The van der Waals surface area contributed by atoms with E-state index in [1.165, 1.54) is 0 Å². The van der Waals surface area contributed by atoms with E-state index in [2.05, 4.69) is 27.1 Å². The molecule has 7 heteroatoms. The lowest BCUT2D eigenvalue weighted by molar-refractivity contribution is -0.133. The molecule has 134 valence electrons. The van der Waals surface area contributed by atoms with E-state index in [0.29, 0.717) is 27.0 Å². The van der Waals surface area contributed by atoms with Crippen LogP contribution in [-0.2, 0) is 4.79 Å². The Hall–Kier alpha value is -2.83. The van der Waals surface area contributed by atoms with Gasteiger partial charge in [-0.15, -0.1) is 0 Å². The number of benzene rings is 2. The molecule has 2 aromatic carbocycles. The van der Waals surface area contributed by atoms with Crippen LogP contribution in [0, 0.1) is 0 Å². The molecule has 4 rings (SSSR count). The summed E-state index contributed by atoms with van der Waals surface area (Å²) in [6, 6.07) is 19.9. The third kappa shape index (κ3) is 3.82. The molecule has 0 saturated heterocycles. The smallest absolute Gasteiger partial charge is 0.313 e. The molecular weight excluding hydrogens is 382 g/mol. The van der Waals surface area contributed by atoms with Crippen LogP contribution in [0.2, 0.25) is 5.02 Å². The zero-order valence-corrected chi connectivity index (χ0v) is 15.6. The lowest BCUT2D eigenvalue weighted by Crippen LogP contribution is -1.97. The van der Waals surface area contributed by atoms with Crippen molar-refractivity contribution in [3.63, 3.8) is 0 Å².